The van der Waals surface area contributed by atoms with Crippen LogP contribution in [0, 0.1) is 13.8 Å². The highest BCUT2D eigenvalue weighted by Crippen LogP contribution is 2.35. The number of aryl methyl sites for hydroxylation is 1. The lowest BCUT2D eigenvalue weighted by Gasteiger charge is -2.08. The van der Waals surface area contributed by atoms with Crippen LogP contribution in [0.2, 0.25) is 10.0 Å². The summed E-state index contributed by atoms with van der Waals surface area (Å²) in [5, 5.41) is 4.02. The number of aromatic nitrogens is 2. The number of aliphatic imine (C=N–C) groups is 1. The molecule has 1 aliphatic heterocycles. The SMILES string of the molecule is Cc1cc(/C=C2\SC(=Nc3cccc(Cl)c3Cl)NC2=O)c(C)n1-c1ccncc1. The Labute approximate surface area is 182 Å². The van der Waals surface area contributed by atoms with E-state index in [9.17, 15) is 4.79 Å². The average molecular weight is 443 g/mol. The van der Waals surface area contributed by atoms with Gasteiger partial charge in [0.1, 0.15) is 0 Å². The lowest BCUT2D eigenvalue weighted by Crippen LogP contribution is -2.19. The summed E-state index contributed by atoms with van der Waals surface area (Å²) in [7, 11) is 0. The minimum Gasteiger partial charge on any atom is -0.318 e. The molecule has 3 aromatic rings. The molecule has 146 valence electrons. The van der Waals surface area contributed by atoms with Gasteiger partial charge in [0.2, 0.25) is 0 Å². The molecule has 1 N–H and O–H groups in total. The largest absolute Gasteiger partial charge is 0.318 e. The van der Waals surface area contributed by atoms with Gasteiger partial charge in [0.25, 0.3) is 5.91 Å². The molecule has 1 aromatic carbocycles. The highest BCUT2D eigenvalue weighted by molar-refractivity contribution is 8.18. The molecular formula is C21H16Cl2N4OS. The number of benzene rings is 1. The van der Waals surface area contributed by atoms with Crippen molar-refractivity contribution in [2.24, 2.45) is 4.99 Å². The van der Waals surface area contributed by atoms with Gasteiger partial charge < -0.3 is 9.88 Å². The van der Waals surface area contributed by atoms with Crippen molar-refractivity contribution in [2.45, 2.75) is 13.8 Å². The van der Waals surface area contributed by atoms with Crippen molar-refractivity contribution < 1.29 is 4.79 Å². The van der Waals surface area contributed by atoms with E-state index in [4.69, 9.17) is 23.2 Å². The van der Waals surface area contributed by atoms with E-state index >= 15 is 0 Å². The van der Waals surface area contributed by atoms with Crippen LogP contribution in [0.25, 0.3) is 11.8 Å². The van der Waals surface area contributed by atoms with Gasteiger partial charge in [-0.1, -0.05) is 29.3 Å². The summed E-state index contributed by atoms with van der Waals surface area (Å²) in [5.74, 6) is -0.194. The molecule has 0 bridgehead atoms. The molecule has 5 nitrogen and oxygen atoms in total. The maximum atomic E-state index is 12.4. The Morgan fingerprint density at radius 2 is 1.93 bits per heavy atom. The predicted molar refractivity (Wildman–Crippen MR) is 120 cm³/mol. The number of carbonyl (C=O) groups excluding carboxylic acids is 1. The zero-order chi connectivity index (χ0) is 20.5. The fourth-order valence-corrected chi connectivity index (χ4v) is 4.30. The first-order chi connectivity index (χ1) is 13.9. The van der Waals surface area contributed by atoms with Gasteiger partial charge in [-0.05, 0) is 67.6 Å². The summed E-state index contributed by atoms with van der Waals surface area (Å²) in [6, 6.07) is 11.2. The van der Waals surface area contributed by atoms with Crippen LogP contribution >= 0.6 is 35.0 Å². The third-order valence-corrected chi connectivity index (χ3v) is 6.20. The first-order valence-corrected chi connectivity index (χ1v) is 10.3. The second-order valence-corrected chi connectivity index (χ2v) is 8.24. The van der Waals surface area contributed by atoms with Gasteiger partial charge in [-0.15, -0.1) is 0 Å². The maximum Gasteiger partial charge on any atom is 0.264 e. The molecule has 8 heteroatoms. The molecule has 3 heterocycles. The van der Waals surface area contributed by atoms with Crippen LogP contribution in [-0.4, -0.2) is 20.6 Å². The van der Waals surface area contributed by atoms with Crippen LogP contribution in [0.15, 0.2) is 58.7 Å². The summed E-state index contributed by atoms with van der Waals surface area (Å²) in [5.41, 5.74) is 4.63. The van der Waals surface area contributed by atoms with Crippen molar-refractivity contribution in [1.82, 2.24) is 14.9 Å². The first-order valence-electron chi connectivity index (χ1n) is 8.77. The molecular weight excluding hydrogens is 427 g/mol. The van der Waals surface area contributed by atoms with Crippen molar-refractivity contribution >= 4 is 57.8 Å². The lowest BCUT2D eigenvalue weighted by molar-refractivity contribution is -0.115. The number of rotatable bonds is 3. The predicted octanol–water partition coefficient (Wildman–Crippen LogP) is 5.69. The number of thioether (sulfide) groups is 1. The Hall–Kier alpha value is -2.54. The minimum atomic E-state index is -0.194. The van der Waals surface area contributed by atoms with Gasteiger partial charge in [-0.3, -0.25) is 9.78 Å². The number of amides is 1. The van der Waals surface area contributed by atoms with E-state index in [0.717, 1.165) is 22.6 Å². The molecule has 0 spiro atoms. The number of hydrogen-bond acceptors (Lipinski definition) is 4. The average Bonchev–Trinajstić information content (AvgIpc) is 3.18. The number of nitrogens with zero attached hydrogens (tertiary/aromatic N) is 3. The van der Waals surface area contributed by atoms with Gasteiger partial charge in [-0.2, -0.15) is 0 Å². The smallest absolute Gasteiger partial charge is 0.264 e. The normalized spacial score (nSPS) is 16.6. The van der Waals surface area contributed by atoms with E-state index in [-0.39, 0.29) is 5.91 Å². The fraction of sp³-hybridized carbons (Fsp3) is 0.0952. The zero-order valence-corrected chi connectivity index (χ0v) is 17.9. The molecule has 1 saturated heterocycles. The summed E-state index contributed by atoms with van der Waals surface area (Å²) >= 11 is 13.5. The van der Waals surface area contributed by atoms with Crippen LogP contribution in [-0.2, 0) is 4.79 Å². The number of amidine groups is 1. The Morgan fingerprint density at radius 3 is 2.69 bits per heavy atom. The molecule has 0 unspecified atom stereocenters. The van der Waals surface area contributed by atoms with E-state index in [0.29, 0.717) is 25.8 Å². The second-order valence-electron chi connectivity index (χ2n) is 6.42. The van der Waals surface area contributed by atoms with Gasteiger partial charge in [0.05, 0.1) is 20.6 Å². The van der Waals surface area contributed by atoms with Crippen molar-refractivity contribution in [1.29, 1.82) is 0 Å². The Kier molecular flexibility index (Phi) is 5.50. The molecule has 0 radical (unpaired) electrons. The van der Waals surface area contributed by atoms with Crippen LogP contribution in [0.1, 0.15) is 17.0 Å². The molecule has 0 atom stereocenters. The van der Waals surface area contributed by atoms with E-state index in [1.54, 1.807) is 30.6 Å². The monoisotopic (exact) mass is 442 g/mol. The zero-order valence-electron chi connectivity index (χ0n) is 15.6. The van der Waals surface area contributed by atoms with E-state index in [1.807, 2.05) is 32.1 Å². The maximum absolute atomic E-state index is 12.4. The summed E-state index contributed by atoms with van der Waals surface area (Å²) < 4.78 is 2.13. The van der Waals surface area contributed by atoms with E-state index in [2.05, 4.69) is 25.9 Å². The van der Waals surface area contributed by atoms with Crippen molar-refractivity contribution in [3.05, 3.63) is 80.7 Å². The Morgan fingerprint density at radius 1 is 1.17 bits per heavy atom. The number of carbonyl (C=O) groups is 1. The Balaban J connectivity index is 1.65. The fourth-order valence-electron chi connectivity index (χ4n) is 3.13. The van der Waals surface area contributed by atoms with Gasteiger partial charge in [0, 0.05) is 29.5 Å². The van der Waals surface area contributed by atoms with E-state index < -0.39 is 0 Å². The number of halogens is 2. The summed E-state index contributed by atoms with van der Waals surface area (Å²) in [4.78, 5) is 21.5. The van der Waals surface area contributed by atoms with Gasteiger partial charge >= 0.3 is 0 Å². The van der Waals surface area contributed by atoms with Crippen molar-refractivity contribution in [2.75, 3.05) is 0 Å². The molecule has 1 aliphatic rings. The highest BCUT2D eigenvalue weighted by atomic mass is 35.5. The van der Waals surface area contributed by atoms with Crippen LogP contribution < -0.4 is 5.32 Å². The van der Waals surface area contributed by atoms with Crippen molar-refractivity contribution in [3.63, 3.8) is 0 Å². The summed E-state index contributed by atoms with van der Waals surface area (Å²) in [6.07, 6.45) is 5.40. The van der Waals surface area contributed by atoms with Gasteiger partial charge in [-0.25, -0.2) is 4.99 Å². The molecule has 0 aliphatic carbocycles. The summed E-state index contributed by atoms with van der Waals surface area (Å²) in [6.45, 7) is 4.06. The quantitative estimate of drug-likeness (QED) is 0.530. The molecule has 29 heavy (non-hydrogen) atoms. The van der Waals surface area contributed by atoms with E-state index in [1.165, 1.54) is 11.8 Å². The Bertz CT molecular complexity index is 1170. The number of nitrogens with one attached hydrogen (secondary N) is 1. The molecule has 2 aromatic heterocycles. The van der Waals surface area contributed by atoms with Crippen molar-refractivity contribution in [3.8, 4) is 5.69 Å². The van der Waals surface area contributed by atoms with Crippen LogP contribution in [0.4, 0.5) is 5.69 Å². The highest BCUT2D eigenvalue weighted by Gasteiger charge is 2.25. The third kappa shape index (κ3) is 3.96. The standard InChI is InChI=1S/C21H16Cl2N4OS/c1-12-10-14(13(2)27(12)15-6-8-24-9-7-15)11-18-20(28)26-21(29-18)25-17-5-3-4-16(22)19(17)23/h3-11H,1-2H3,(H,25,26,28)/b18-11-. The molecule has 0 saturated carbocycles. The lowest BCUT2D eigenvalue weighted by atomic mass is 10.2. The number of hydrogen-bond donors (Lipinski definition) is 1. The second kappa shape index (κ2) is 8.06. The number of pyridine rings is 1. The minimum absolute atomic E-state index is 0.194. The topological polar surface area (TPSA) is 59.3 Å². The van der Waals surface area contributed by atoms with Gasteiger partial charge in [0.15, 0.2) is 5.17 Å². The molecule has 1 fully saturated rings. The molecule has 4 rings (SSSR count). The molecule has 1 amide bonds. The van der Waals surface area contributed by atoms with Crippen LogP contribution in [0.3, 0.4) is 0 Å². The third-order valence-electron chi connectivity index (χ3n) is 4.48. The van der Waals surface area contributed by atoms with Crippen LogP contribution in [0.5, 0.6) is 0 Å². The first kappa shape index (κ1) is 19.8.